The van der Waals surface area contributed by atoms with Crippen LogP contribution in [0.3, 0.4) is 0 Å². The number of alkyl halides is 3. The third-order valence-electron chi connectivity index (χ3n) is 6.45. The van der Waals surface area contributed by atoms with Crippen LogP contribution in [0.2, 0.25) is 0 Å². The topological polar surface area (TPSA) is 85.0 Å². The fourth-order valence-corrected chi connectivity index (χ4v) is 5.33. The number of aliphatic imine (C=N–C) groups is 1. The van der Waals surface area contributed by atoms with E-state index in [9.17, 15) is 18.0 Å². The van der Waals surface area contributed by atoms with Crippen molar-refractivity contribution in [2.24, 2.45) is 10.1 Å². The van der Waals surface area contributed by atoms with Crippen molar-refractivity contribution in [1.29, 1.82) is 0 Å². The number of nitrogens with zero attached hydrogens (tertiary/aromatic N) is 6. The first-order chi connectivity index (χ1) is 19.7. The second kappa shape index (κ2) is 10.4. The number of ether oxygens (including phenoxy) is 1. The van der Waals surface area contributed by atoms with Gasteiger partial charge >= 0.3 is 6.36 Å². The molecule has 3 heterocycles. The first kappa shape index (κ1) is 26.5. The fraction of sp³-hybridized carbons (Fsp3) is 0.138. The molecule has 1 amide bonds. The quantitative estimate of drug-likeness (QED) is 0.219. The van der Waals surface area contributed by atoms with Gasteiger partial charge < -0.3 is 4.74 Å². The summed E-state index contributed by atoms with van der Waals surface area (Å²) in [5, 5.41) is 7.06. The van der Waals surface area contributed by atoms with E-state index in [0.717, 1.165) is 27.7 Å². The first-order valence-electron chi connectivity index (χ1n) is 12.4. The van der Waals surface area contributed by atoms with Crippen LogP contribution in [0, 0.1) is 13.8 Å². The number of hydrogen-bond acceptors (Lipinski definition) is 7. The van der Waals surface area contributed by atoms with Gasteiger partial charge in [0.25, 0.3) is 5.91 Å². The van der Waals surface area contributed by atoms with E-state index in [0.29, 0.717) is 27.5 Å². The molecule has 41 heavy (non-hydrogen) atoms. The minimum Gasteiger partial charge on any atom is -0.406 e. The number of amides is 1. The minimum absolute atomic E-state index is 0.157. The first-order valence-corrected chi connectivity index (χ1v) is 13.4. The molecule has 0 N–H and O–H groups in total. The molecule has 206 valence electrons. The Morgan fingerprint density at radius 2 is 1.76 bits per heavy atom. The number of benzene rings is 3. The highest BCUT2D eigenvalue weighted by Crippen LogP contribution is 2.30. The maximum Gasteiger partial charge on any atom is 0.573 e. The number of halogens is 3. The van der Waals surface area contributed by atoms with Gasteiger partial charge in [0.15, 0.2) is 5.17 Å². The molecule has 2 aromatic heterocycles. The predicted octanol–water partition coefficient (Wildman–Crippen LogP) is 6.69. The molecule has 0 radical (unpaired) electrons. The molecule has 1 saturated heterocycles. The maximum absolute atomic E-state index is 12.6. The number of carbonyl (C=O) groups excluding carboxylic acids is 1. The highest BCUT2D eigenvalue weighted by Gasteiger charge is 2.31. The molecule has 0 spiro atoms. The third-order valence-corrected chi connectivity index (χ3v) is 7.36. The van der Waals surface area contributed by atoms with E-state index >= 15 is 0 Å². The van der Waals surface area contributed by atoms with Crippen LogP contribution in [0.25, 0.3) is 27.6 Å². The second-order valence-corrected chi connectivity index (χ2v) is 10.2. The lowest BCUT2D eigenvalue weighted by Crippen LogP contribution is -2.23. The van der Waals surface area contributed by atoms with E-state index < -0.39 is 6.36 Å². The highest BCUT2D eigenvalue weighted by molar-refractivity contribution is 8.15. The number of aromatic nitrogens is 3. The van der Waals surface area contributed by atoms with Gasteiger partial charge in [-0.05, 0) is 61.4 Å². The lowest BCUT2D eigenvalue weighted by atomic mass is 10.1. The molecule has 1 fully saturated rings. The lowest BCUT2D eigenvalue weighted by Gasteiger charge is -2.11. The van der Waals surface area contributed by atoms with Gasteiger partial charge in [-0.2, -0.15) is 10.1 Å². The second-order valence-electron chi connectivity index (χ2n) is 9.30. The molecule has 0 atom stereocenters. The summed E-state index contributed by atoms with van der Waals surface area (Å²) >= 11 is 1.34. The van der Waals surface area contributed by atoms with E-state index in [1.165, 1.54) is 41.0 Å². The van der Waals surface area contributed by atoms with Crippen LogP contribution in [-0.2, 0) is 4.79 Å². The molecule has 0 aliphatic carbocycles. The highest BCUT2D eigenvalue weighted by atomic mass is 32.2. The number of hydrazone groups is 1. The van der Waals surface area contributed by atoms with Crippen LogP contribution in [0.15, 0.2) is 83.3 Å². The molecular formula is C29H21F3N6O2S. The molecule has 12 heteroatoms. The van der Waals surface area contributed by atoms with Gasteiger partial charge in [-0.3, -0.25) is 14.3 Å². The Bertz CT molecular complexity index is 1840. The summed E-state index contributed by atoms with van der Waals surface area (Å²) in [7, 11) is 0. The molecule has 0 saturated carbocycles. The number of fused-ring (bicyclic) bond motifs is 3. The fourth-order valence-electron chi connectivity index (χ4n) is 4.53. The van der Waals surface area contributed by atoms with Crippen molar-refractivity contribution < 1.29 is 22.7 Å². The summed E-state index contributed by atoms with van der Waals surface area (Å²) in [4.78, 5) is 26.4. The van der Waals surface area contributed by atoms with Crippen molar-refractivity contribution >= 4 is 56.7 Å². The van der Waals surface area contributed by atoms with Crippen molar-refractivity contribution in [3.63, 3.8) is 0 Å². The summed E-state index contributed by atoms with van der Waals surface area (Å²) in [5.74, 6) is -0.199. The summed E-state index contributed by atoms with van der Waals surface area (Å²) in [6, 6.07) is 17.1. The summed E-state index contributed by atoms with van der Waals surface area (Å²) in [6.45, 7) is 3.96. The third kappa shape index (κ3) is 5.38. The molecule has 3 aromatic carbocycles. The van der Waals surface area contributed by atoms with Gasteiger partial charge in [-0.1, -0.05) is 36.0 Å². The monoisotopic (exact) mass is 574 g/mol. The number of amidine groups is 1. The Morgan fingerprint density at radius 1 is 1.00 bits per heavy atom. The Balaban J connectivity index is 1.27. The van der Waals surface area contributed by atoms with Crippen LogP contribution in [0.1, 0.15) is 16.7 Å². The van der Waals surface area contributed by atoms with Gasteiger partial charge in [0.1, 0.15) is 17.6 Å². The summed E-state index contributed by atoms with van der Waals surface area (Å²) < 4.78 is 43.2. The van der Waals surface area contributed by atoms with Crippen LogP contribution in [0.4, 0.5) is 18.9 Å². The number of carbonyl (C=O) groups is 1. The van der Waals surface area contributed by atoms with E-state index in [1.807, 2.05) is 50.2 Å². The Morgan fingerprint density at radius 3 is 2.49 bits per heavy atom. The van der Waals surface area contributed by atoms with Crippen LogP contribution in [0.5, 0.6) is 5.75 Å². The Kier molecular flexibility index (Phi) is 6.70. The van der Waals surface area contributed by atoms with E-state index in [-0.39, 0.29) is 17.4 Å². The smallest absolute Gasteiger partial charge is 0.406 e. The van der Waals surface area contributed by atoms with Crippen molar-refractivity contribution in [1.82, 2.24) is 19.5 Å². The molecular weight excluding hydrogens is 553 g/mol. The number of para-hydroxylation sites is 1. The van der Waals surface area contributed by atoms with Gasteiger partial charge in [0.05, 0.1) is 28.7 Å². The zero-order valence-electron chi connectivity index (χ0n) is 21.8. The van der Waals surface area contributed by atoms with Gasteiger partial charge in [-0.15, -0.1) is 13.2 Å². The van der Waals surface area contributed by atoms with Crippen LogP contribution >= 0.6 is 11.8 Å². The molecule has 5 aromatic rings. The molecule has 0 unspecified atom stereocenters. The van der Waals surface area contributed by atoms with Crippen molar-refractivity contribution in [3.8, 4) is 11.4 Å². The predicted molar refractivity (Wildman–Crippen MR) is 153 cm³/mol. The van der Waals surface area contributed by atoms with Crippen molar-refractivity contribution in [2.45, 2.75) is 20.2 Å². The number of pyridine rings is 1. The number of aryl methyl sites for hydroxylation is 2. The zero-order chi connectivity index (χ0) is 28.7. The molecule has 6 rings (SSSR count). The molecule has 1 aliphatic rings. The van der Waals surface area contributed by atoms with Crippen LogP contribution in [-0.4, -0.2) is 48.9 Å². The van der Waals surface area contributed by atoms with Gasteiger partial charge in [0.2, 0.25) is 0 Å². The SMILES string of the molecule is Cc1cccc(C)c1N=C1SCC(=O)N1/N=C\c1cnc2c(ccc3c2ncn3-c2ccc(OC(F)(F)F)cc2)c1. The number of thioether (sulfide) groups is 1. The maximum atomic E-state index is 12.6. The van der Waals surface area contributed by atoms with E-state index in [1.54, 1.807) is 23.3 Å². The van der Waals surface area contributed by atoms with Crippen molar-refractivity contribution in [3.05, 3.63) is 89.9 Å². The average molecular weight is 575 g/mol. The molecule has 0 bridgehead atoms. The standard InChI is InChI=1S/C29H21F3N6O2S/c1-17-4-3-5-18(2)25(17)36-28-38(24(39)15-41-28)35-14-19-12-20-6-11-23-27(26(20)33-13-19)34-16-37(23)21-7-9-22(10-8-21)40-29(30,31)32/h3-14,16H,15H2,1-2H3/b35-14-,36-28?. The lowest BCUT2D eigenvalue weighted by molar-refractivity contribution is -0.274. The summed E-state index contributed by atoms with van der Waals surface area (Å²) in [6.07, 6.45) is 0.0540. The number of rotatable bonds is 5. The van der Waals surface area contributed by atoms with Crippen molar-refractivity contribution in [2.75, 3.05) is 5.75 Å². The average Bonchev–Trinajstić information content (AvgIpc) is 3.52. The molecule has 1 aliphatic heterocycles. The minimum atomic E-state index is -4.75. The van der Waals surface area contributed by atoms with Gasteiger partial charge in [0, 0.05) is 22.8 Å². The Hall–Kier alpha value is -4.71. The van der Waals surface area contributed by atoms with Crippen LogP contribution < -0.4 is 4.74 Å². The summed E-state index contributed by atoms with van der Waals surface area (Å²) in [5.41, 5.74) is 6.19. The molecule has 8 nitrogen and oxygen atoms in total. The number of hydrogen-bond donors (Lipinski definition) is 0. The normalized spacial score (nSPS) is 15.2. The zero-order valence-corrected chi connectivity index (χ0v) is 22.6. The number of imidazole rings is 1. The van der Waals surface area contributed by atoms with E-state index in [2.05, 4.69) is 19.8 Å². The van der Waals surface area contributed by atoms with E-state index in [4.69, 9.17) is 4.99 Å². The van der Waals surface area contributed by atoms with Gasteiger partial charge in [-0.25, -0.2) is 9.98 Å². The Labute approximate surface area is 236 Å². The largest absolute Gasteiger partial charge is 0.573 e.